The molecule has 4 aromatic carbocycles. The fourth-order valence-electron chi connectivity index (χ4n) is 5.06. The third-order valence-corrected chi connectivity index (χ3v) is 6.77. The van der Waals surface area contributed by atoms with Crippen LogP contribution < -0.4 is 0 Å². The van der Waals surface area contributed by atoms with Crippen molar-refractivity contribution in [3.63, 3.8) is 0 Å². The molecule has 0 amide bonds. The molecular weight excluding hydrogens is 647 g/mol. The summed E-state index contributed by atoms with van der Waals surface area (Å²) in [5.74, 6) is 0. The molecule has 1 aliphatic carbocycles. The van der Waals surface area contributed by atoms with Crippen molar-refractivity contribution < 1.29 is 18.5 Å². The number of fused-ring (bicyclic) bond motifs is 3. The summed E-state index contributed by atoms with van der Waals surface area (Å²) in [7, 11) is 0. The predicted octanol–water partition coefficient (Wildman–Crippen LogP) is 10.9. The van der Waals surface area contributed by atoms with Crippen LogP contribution in [0.15, 0.2) is 84.9 Å². The van der Waals surface area contributed by atoms with Gasteiger partial charge in [0.2, 0.25) is 0 Å². The van der Waals surface area contributed by atoms with Gasteiger partial charge in [-0.2, -0.15) is 0 Å². The van der Waals surface area contributed by atoms with Gasteiger partial charge in [0.1, 0.15) is 0 Å². The molecule has 0 aromatic heterocycles. The Morgan fingerprint density at radius 2 is 0.833 bits per heavy atom. The summed E-state index contributed by atoms with van der Waals surface area (Å²) in [6.07, 6.45) is 2.38. The van der Waals surface area contributed by atoms with Crippen molar-refractivity contribution >= 4 is 24.4 Å². The molecule has 0 nitrogen and oxygen atoms in total. The van der Waals surface area contributed by atoms with Gasteiger partial charge in [-0.1, -0.05) is 102 Å². The molecule has 183 valence electrons. The molecule has 0 fully saturated rings. The van der Waals surface area contributed by atoms with E-state index in [9.17, 15) is 0 Å². The summed E-state index contributed by atoms with van der Waals surface area (Å²) in [5, 5.41) is 0. The number of benzene rings is 4. The van der Waals surface area contributed by atoms with Crippen LogP contribution in [0.5, 0.6) is 0 Å². The average molecular weight is 681 g/mol. The Labute approximate surface area is 240 Å². The van der Waals surface area contributed by atoms with Crippen LogP contribution in [0.2, 0.25) is 0 Å². The van der Waals surface area contributed by atoms with Gasteiger partial charge >= 0.3 is 43.0 Å². The van der Waals surface area contributed by atoms with E-state index in [1.165, 1.54) is 55.6 Å². The van der Waals surface area contributed by atoms with E-state index >= 15 is 0 Å². The van der Waals surface area contributed by atoms with Crippen LogP contribution in [0.4, 0.5) is 0 Å². The van der Waals surface area contributed by atoms with E-state index in [4.69, 9.17) is 0 Å². The molecular formula is C33H33Br2Zr. The van der Waals surface area contributed by atoms with Crippen LogP contribution in [0, 0.1) is 6.42 Å². The monoisotopic (exact) mass is 677 g/mol. The fraction of sp³-hybridized carbons (Fsp3) is 0.242. The molecule has 3 heteroatoms. The molecule has 0 atom stereocenters. The molecule has 0 aliphatic heterocycles. The number of halogens is 2. The van der Waals surface area contributed by atoms with Crippen LogP contribution in [-0.2, 0) is 29.4 Å². The van der Waals surface area contributed by atoms with Gasteiger partial charge < -0.3 is 0 Å². The maximum absolute atomic E-state index is 3.23. The van der Waals surface area contributed by atoms with Crippen molar-refractivity contribution in [1.82, 2.24) is 0 Å². The first-order chi connectivity index (χ1) is 17.0. The molecule has 0 saturated carbocycles. The van der Waals surface area contributed by atoms with E-state index in [-0.39, 0.29) is 29.4 Å². The molecule has 0 spiro atoms. The van der Waals surface area contributed by atoms with E-state index in [2.05, 4.69) is 157 Å². The van der Waals surface area contributed by atoms with E-state index in [1.807, 2.05) is 0 Å². The van der Waals surface area contributed by atoms with Gasteiger partial charge in [-0.25, -0.2) is 0 Å². The molecule has 4 aromatic rings. The summed E-state index contributed by atoms with van der Waals surface area (Å²) in [5.41, 5.74) is 13.5. The molecule has 0 bridgehead atoms. The van der Waals surface area contributed by atoms with E-state index in [1.54, 1.807) is 0 Å². The zero-order valence-corrected chi connectivity index (χ0v) is 27.5. The summed E-state index contributed by atoms with van der Waals surface area (Å²) in [6, 6.07) is 31.3. The normalized spacial score (nSPS) is 12.3. The Bertz CT molecular complexity index is 1240. The van der Waals surface area contributed by atoms with E-state index < -0.39 is 0 Å². The Kier molecular flexibility index (Phi) is 8.65. The second-order valence-corrected chi connectivity index (χ2v) is 22.8. The van der Waals surface area contributed by atoms with E-state index in [0.717, 1.165) is 0 Å². The minimum absolute atomic E-state index is 0.0554. The molecule has 5 rings (SSSR count). The van der Waals surface area contributed by atoms with Crippen LogP contribution in [0.1, 0.15) is 63.8 Å². The summed E-state index contributed by atoms with van der Waals surface area (Å²) in [4.78, 5) is 0. The van der Waals surface area contributed by atoms with Crippen molar-refractivity contribution in [3.05, 3.63) is 114 Å². The zero-order valence-electron chi connectivity index (χ0n) is 21.9. The van der Waals surface area contributed by atoms with E-state index in [0.29, 0.717) is 0 Å². The number of hydrogen-bond donors (Lipinski definition) is 0. The zero-order chi connectivity index (χ0) is 26.1. The number of rotatable bonds is 2. The molecule has 1 radical (unpaired) electrons. The summed E-state index contributed by atoms with van der Waals surface area (Å²) < 4.78 is 0. The van der Waals surface area contributed by atoms with Crippen molar-refractivity contribution in [2.75, 3.05) is 0 Å². The third kappa shape index (κ3) is 5.90. The Morgan fingerprint density at radius 3 is 1.14 bits per heavy atom. The van der Waals surface area contributed by atoms with Gasteiger partial charge in [-0.15, -0.1) is 0 Å². The first-order valence-electron chi connectivity index (χ1n) is 12.3. The maximum atomic E-state index is 3.23. The van der Waals surface area contributed by atoms with Crippen LogP contribution in [0.25, 0.3) is 33.4 Å². The SMILES string of the molecule is CC(C)(C)c1cc2c(cc1-c1ccccc1)[CH]c1cc(-c3ccccc3)c(C(C)(C)C)cc1-2.[Br][Zr][Br]. The first-order valence-corrected chi connectivity index (χ1v) is 23.6. The first kappa shape index (κ1) is 27.7. The predicted molar refractivity (Wildman–Crippen MR) is 161 cm³/mol. The summed E-state index contributed by atoms with van der Waals surface area (Å²) in [6.45, 7) is 13.9. The molecule has 36 heavy (non-hydrogen) atoms. The Hall–Kier alpha value is -1.28. The van der Waals surface area contributed by atoms with Gasteiger partial charge in [0, 0.05) is 6.42 Å². The van der Waals surface area contributed by atoms with Gasteiger partial charge in [0.15, 0.2) is 0 Å². The van der Waals surface area contributed by atoms with Crippen molar-refractivity contribution in [3.8, 4) is 33.4 Å². The second kappa shape index (κ2) is 11.2. The third-order valence-electron chi connectivity index (χ3n) is 6.77. The quantitative estimate of drug-likeness (QED) is 0.174. The molecule has 1 aliphatic rings. The number of hydrogen-bond acceptors (Lipinski definition) is 0. The van der Waals surface area contributed by atoms with Crippen molar-refractivity contribution in [1.29, 1.82) is 0 Å². The minimum atomic E-state index is -0.145. The van der Waals surface area contributed by atoms with Gasteiger partial charge in [0.05, 0.1) is 0 Å². The van der Waals surface area contributed by atoms with Gasteiger partial charge in [-0.05, 0) is 90.7 Å². The van der Waals surface area contributed by atoms with Gasteiger partial charge in [-0.3, -0.25) is 0 Å². The molecule has 0 unspecified atom stereocenters. The van der Waals surface area contributed by atoms with Crippen molar-refractivity contribution in [2.24, 2.45) is 0 Å². The topological polar surface area (TPSA) is 0 Å². The van der Waals surface area contributed by atoms with Crippen molar-refractivity contribution in [2.45, 2.75) is 52.4 Å². The second-order valence-electron chi connectivity index (χ2n) is 11.4. The standard InChI is InChI=1S/C33H33.2BrH.Zr/c1-32(2,3)30-20-26-24(18-28(30)22-13-9-7-10-14-22)17-25-19-29(23-15-11-8-12-16-23)31(21-27(25)26)33(4,5)6;;;/h7-21H,1-6H3;2*1H;/q;;;+2/p-2. The average Bonchev–Trinajstić information content (AvgIpc) is 3.20. The molecule has 0 N–H and O–H groups in total. The molecule has 0 saturated heterocycles. The van der Waals surface area contributed by atoms with Crippen LogP contribution >= 0.6 is 24.4 Å². The Balaban J connectivity index is 0.000000967. The summed E-state index contributed by atoms with van der Waals surface area (Å²) >= 11 is 6.32. The fourth-order valence-corrected chi connectivity index (χ4v) is 5.06. The van der Waals surface area contributed by atoms with Crippen LogP contribution in [0.3, 0.4) is 0 Å². The Morgan fingerprint density at radius 1 is 0.500 bits per heavy atom. The van der Waals surface area contributed by atoms with Crippen LogP contribution in [-0.4, -0.2) is 0 Å². The molecule has 0 heterocycles. The van der Waals surface area contributed by atoms with Gasteiger partial charge in [0.25, 0.3) is 0 Å².